The SMILES string of the molecule is OCc1ccc2ccc([N+](c3ccc4ccc(CO)nc4c3)(c3ccc4ccc(CO)nc4c3)c3ccc4ccc(CO)nc4c3)cc2n1. The van der Waals surface area contributed by atoms with Crippen LogP contribution in [0.3, 0.4) is 0 Å². The number of hydrogen-bond donors (Lipinski definition) is 4. The van der Waals surface area contributed by atoms with Gasteiger partial charge >= 0.3 is 0 Å². The number of hydrogen-bond acceptors (Lipinski definition) is 8. The molecule has 4 aromatic heterocycles. The van der Waals surface area contributed by atoms with Gasteiger partial charge in [0.1, 0.15) is 22.7 Å². The maximum Gasteiger partial charge on any atom is 0.150 e. The Morgan fingerprint density at radius 2 is 0.551 bits per heavy atom. The van der Waals surface area contributed by atoms with Gasteiger partial charge in [-0.25, -0.2) is 0 Å². The topological polar surface area (TPSA) is 132 Å². The van der Waals surface area contributed by atoms with Gasteiger partial charge in [0.2, 0.25) is 0 Å². The predicted molar refractivity (Wildman–Crippen MR) is 191 cm³/mol. The molecule has 4 N–H and O–H groups in total. The largest absolute Gasteiger partial charge is 0.390 e. The van der Waals surface area contributed by atoms with Gasteiger partial charge in [-0.2, -0.15) is 4.48 Å². The standard InChI is InChI=1S/C40H32N5O4/c46-21-29-9-1-25-5-13-33(17-37(25)41-29)45(34-14-6-26-2-10-30(22-47)42-38(26)18-34,35-15-7-27-3-11-31(23-48)43-39(27)19-35)36-16-8-28-4-12-32(24-49)44-40(28)20-36/h1-20,46-49H,21-24H2/q+1. The molecule has 240 valence electrons. The van der Waals surface area contributed by atoms with E-state index in [0.29, 0.717) is 22.8 Å². The summed E-state index contributed by atoms with van der Waals surface area (Å²) in [5.74, 6) is 0. The molecule has 9 nitrogen and oxygen atoms in total. The Bertz CT molecular complexity index is 2180. The molecule has 0 bridgehead atoms. The molecule has 8 aromatic rings. The highest BCUT2D eigenvalue weighted by molar-refractivity contribution is 5.95. The zero-order valence-electron chi connectivity index (χ0n) is 26.4. The normalized spacial score (nSPS) is 12.0. The van der Waals surface area contributed by atoms with Crippen LogP contribution in [0.4, 0.5) is 22.7 Å². The zero-order chi connectivity index (χ0) is 33.5. The molecule has 0 aliphatic heterocycles. The van der Waals surface area contributed by atoms with Crippen LogP contribution in [0.1, 0.15) is 22.8 Å². The van der Waals surface area contributed by atoms with E-state index in [0.717, 1.165) is 66.4 Å². The number of fused-ring (bicyclic) bond motifs is 4. The molecule has 0 amide bonds. The van der Waals surface area contributed by atoms with E-state index in [1.165, 1.54) is 0 Å². The van der Waals surface area contributed by atoms with Crippen molar-refractivity contribution < 1.29 is 20.4 Å². The molecule has 0 aliphatic rings. The lowest BCUT2D eigenvalue weighted by molar-refractivity contribution is 0.277. The van der Waals surface area contributed by atoms with Gasteiger partial charge in [-0.05, 0) is 48.5 Å². The number of quaternary nitrogens is 1. The Balaban J connectivity index is 1.53. The number of aromatic nitrogens is 4. The smallest absolute Gasteiger partial charge is 0.150 e. The Labute approximate surface area is 281 Å². The van der Waals surface area contributed by atoms with Crippen LogP contribution in [0.2, 0.25) is 0 Å². The molecule has 0 saturated heterocycles. The van der Waals surface area contributed by atoms with Crippen molar-refractivity contribution in [3.8, 4) is 0 Å². The van der Waals surface area contributed by atoms with E-state index in [4.69, 9.17) is 19.9 Å². The third-order valence-corrected chi connectivity index (χ3v) is 9.13. The van der Waals surface area contributed by atoms with E-state index in [1.54, 1.807) is 0 Å². The lowest BCUT2D eigenvalue weighted by atomic mass is 10.0. The summed E-state index contributed by atoms with van der Waals surface area (Å²) in [5.41, 5.74) is 8.52. The number of pyridine rings is 4. The van der Waals surface area contributed by atoms with Crippen molar-refractivity contribution in [1.29, 1.82) is 0 Å². The van der Waals surface area contributed by atoms with Crippen LogP contribution >= 0.6 is 0 Å². The molecule has 0 atom stereocenters. The predicted octanol–water partition coefficient (Wildman–Crippen LogP) is 7.15. The second kappa shape index (κ2) is 12.4. The molecule has 0 spiro atoms. The Kier molecular flexibility index (Phi) is 7.76. The van der Waals surface area contributed by atoms with E-state index in [-0.39, 0.29) is 30.9 Å². The monoisotopic (exact) mass is 646 g/mol. The van der Waals surface area contributed by atoms with Gasteiger partial charge in [0.25, 0.3) is 0 Å². The van der Waals surface area contributed by atoms with Gasteiger partial charge < -0.3 is 20.4 Å². The molecule has 0 radical (unpaired) electrons. The number of rotatable bonds is 8. The van der Waals surface area contributed by atoms with E-state index in [1.807, 2.05) is 97.1 Å². The summed E-state index contributed by atoms with van der Waals surface area (Å²) in [4.78, 5) is 19.1. The number of nitrogens with zero attached hydrogens (tertiary/aromatic N) is 5. The van der Waals surface area contributed by atoms with Crippen molar-refractivity contribution >= 4 is 66.4 Å². The summed E-state index contributed by atoms with van der Waals surface area (Å²) >= 11 is 0. The minimum Gasteiger partial charge on any atom is -0.390 e. The summed E-state index contributed by atoms with van der Waals surface area (Å²) in [7, 11) is 0. The average molecular weight is 647 g/mol. The molecule has 0 aliphatic carbocycles. The third kappa shape index (κ3) is 5.26. The summed E-state index contributed by atoms with van der Waals surface area (Å²) < 4.78 is 0.0594. The van der Waals surface area contributed by atoms with E-state index in [2.05, 4.69) is 24.3 Å². The van der Waals surface area contributed by atoms with Gasteiger partial charge in [0.05, 0.1) is 71.3 Å². The summed E-state index contributed by atoms with van der Waals surface area (Å²) in [6.45, 7) is -0.735. The first-order valence-corrected chi connectivity index (χ1v) is 16.0. The molecule has 49 heavy (non-hydrogen) atoms. The lowest BCUT2D eigenvalue weighted by Gasteiger charge is -2.37. The van der Waals surface area contributed by atoms with E-state index >= 15 is 0 Å². The highest BCUT2D eigenvalue weighted by Gasteiger charge is 2.40. The minimum atomic E-state index is -0.184. The maximum absolute atomic E-state index is 9.95. The highest BCUT2D eigenvalue weighted by atomic mass is 16.3. The number of benzene rings is 4. The van der Waals surface area contributed by atoms with Gasteiger partial charge in [-0.1, -0.05) is 24.3 Å². The number of aliphatic hydroxyl groups excluding tert-OH is 4. The minimum absolute atomic E-state index is 0.0594. The maximum atomic E-state index is 9.95. The molecule has 9 heteroatoms. The summed E-state index contributed by atoms with van der Waals surface area (Å²) in [6, 6.07) is 39.7. The first kappa shape index (κ1) is 30.6. The third-order valence-electron chi connectivity index (χ3n) is 9.13. The summed E-state index contributed by atoms with van der Waals surface area (Å²) in [5, 5.41) is 43.5. The molecule has 0 fully saturated rings. The lowest BCUT2D eigenvalue weighted by Crippen LogP contribution is -2.33. The fourth-order valence-corrected chi connectivity index (χ4v) is 6.67. The van der Waals surface area contributed by atoms with Gasteiger partial charge in [-0.3, -0.25) is 19.9 Å². The average Bonchev–Trinajstić information content (AvgIpc) is 3.16. The van der Waals surface area contributed by atoms with Crippen molar-refractivity contribution in [1.82, 2.24) is 24.4 Å². The van der Waals surface area contributed by atoms with Crippen LogP contribution < -0.4 is 4.48 Å². The van der Waals surface area contributed by atoms with Crippen molar-refractivity contribution in [2.24, 2.45) is 0 Å². The summed E-state index contributed by atoms with van der Waals surface area (Å²) in [6.07, 6.45) is 0. The van der Waals surface area contributed by atoms with Crippen LogP contribution in [0.25, 0.3) is 43.6 Å². The van der Waals surface area contributed by atoms with Crippen LogP contribution in [0, 0.1) is 0 Å². The van der Waals surface area contributed by atoms with Crippen LogP contribution in [-0.4, -0.2) is 40.4 Å². The van der Waals surface area contributed by atoms with Crippen LogP contribution in [0.15, 0.2) is 121 Å². The van der Waals surface area contributed by atoms with Crippen LogP contribution in [0.5, 0.6) is 0 Å². The molecule has 0 unspecified atom stereocenters. The second-order valence-electron chi connectivity index (χ2n) is 12.0. The Hall–Kier alpha value is -5.68. The molecule has 0 saturated carbocycles. The molecular weight excluding hydrogens is 614 g/mol. The number of aliphatic hydroxyl groups is 4. The van der Waals surface area contributed by atoms with Gasteiger partial charge in [0, 0.05) is 70.1 Å². The zero-order valence-corrected chi connectivity index (χ0v) is 26.4. The first-order valence-electron chi connectivity index (χ1n) is 16.0. The molecule has 8 rings (SSSR count). The van der Waals surface area contributed by atoms with E-state index in [9.17, 15) is 20.4 Å². The Morgan fingerprint density at radius 3 is 0.776 bits per heavy atom. The fourth-order valence-electron chi connectivity index (χ4n) is 6.67. The van der Waals surface area contributed by atoms with E-state index < -0.39 is 0 Å². The molecule has 4 aromatic carbocycles. The van der Waals surface area contributed by atoms with Gasteiger partial charge in [0.15, 0.2) is 0 Å². The second-order valence-corrected chi connectivity index (χ2v) is 12.0. The molecule has 4 heterocycles. The fraction of sp³-hybridized carbons (Fsp3) is 0.100. The van der Waals surface area contributed by atoms with Crippen molar-refractivity contribution in [3.05, 3.63) is 144 Å². The first-order chi connectivity index (χ1) is 24.0. The molecular formula is C40H32N5O4+. The van der Waals surface area contributed by atoms with Crippen LogP contribution in [-0.2, 0) is 26.4 Å². The van der Waals surface area contributed by atoms with Crippen molar-refractivity contribution in [2.75, 3.05) is 0 Å². The highest BCUT2D eigenvalue weighted by Crippen LogP contribution is 2.53. The van der Waals surface area contributed by atoms with Crippen molar-refractivity contribution in [2.45, 2.75) is 26.4 Å². The van der Waals surface area contributed by atoms with Crippen molar-refractivity contribution in [3.63, 3.8) is 0 Å². The Morgan fingerprint density at radius 1 is 0.327 bits per heavy atom. The van der Waals surface area contributed by atoms with Gasteiger partial charge in [-0.15, -0.1) is 0 Å². The quantitative estimate of drug-likeness (QED) is 0.128.